The van der Waals surface area contributed by atoms with Gasteiger partial charge in [-0.15, -0.1) is 0 Å². The van der Waals surface area contributed by atoms with Crippen molar-refractivity contribution in [1.82, 2.24) is 4.90 Å². The predicted octanol–water partition coefficient (Wildman–Crippen LogP) is 4.13. The van der Waals surface area contributed by atoms with Crippen LogP contribution < -0.4 is 5.32 Å². The van der Waals surface area contributed by atoms with Gasteiger partial charge in [-0.25, -0.2) is 9.18 Å². The van der Waals surface area contributed by atoms with Gasteiger partial charge in [0, 0.05) is 35.9 Å². The highest BCUT2D eigenvalue weighted by Crippen LogP contribution is 2.23. The fourth-order valence-corrected chi connectivity index (χ4v) is 2.85. The van der Waals surface area contributed by atoms with E-state index in [4.69, 9.17) is 16.7 Å². The normalized spacial score (nSPS) is 13.6. The Hall–Kier alpha value is -2.27. The highest BCUT2D eigenvalue weighted by atomic mass is 35.5. The lowest BCUT2D eigenvalue weighted by Gasteiger charge is -2.26. The Labute approximate surface area is 138 Å². The van der Waals surface area contributed by atoms with E-state index in [1.807, 2.05) is 18.2 Å². The van der Waals surface area contributed by atoms with Crippen LogP contribution in [0.2, 0.25) is 5.02 Å². The average Bonchev–Trinajstić information content (AvgIpc) is 2.53. The average molecular weight is 335 g/mol. The third-order valence-electron chi connectivity index (χ3n) is 3.99. The van der Waals surface area contributed by atoms with Crippen molar-refractivity contribution in [2.75, 3.05) is 11.9 Å². The molecule has 0 fully saturated rings. The van der Waals surface area contributed by atoms with E-state index in [2.05, 4.69) is 5.32 Å². The molecule has 0 aliphatic carbocycles. The first kappa shape index (κ1) is 15.6. The van der Waals surface area contributed by atoms with Gasteiger partial charge in [0.15, 0.2) is 0 Å². The summed E-state index contributed by atoms with van der Waals surface area (Å²) in [5.74, 6) is -0.347. The molecule has 6 heteroatoms. The Bertz CT molecular complexity index is 751. The van der Waals surface area contributed by atoms with Gasteiger partial charge in [0.2, 0.25) is 0 Å². The highest BCUT2D eigenvalue weighted by molar-refractivity contribution is 6.30. The zero-order valence-electron chi connectivity index (χ0n) is 12.4. The number of fused-ring (bicyclic) bond motifs is 1. The van der Waals surface area contributed by atoms with Crippen molar-refractivity contribution in [3.05, 3.63) is 63.9 Å². The van der Waals surface area contributed by atoms with Gasteiger partial charge in [0.25, 0.3) is 0 Å². The highest BCUT2D eigenvalue weighted by Gasteiger charge is 2.20. The van der Waals surface area contributed by atoms with Crippen LogP contribution in [0.4, 0.5) is 14.9 Å². The monoisotopic (exact) mass is 334 g/mol. The summed E-state index contributed by atoms with van der Waals surface area (Å²) < 4.78 is 13.8. The van der Waals surface area contributed by atoms with Crippen LogP contribution in [0.1, 0.15) is 16.7 Å². The topological polar surface area (TPSA) is 52.6 Å². The first-order chi connectivity index (χ1) is 11.0. The van der Waals surface area contributed by atoms with Gasteiger partial charge < -0.3 is 15.3 Å². The predicted molar refractivity (Wildman–Crippen MR) is 87.3 cm³/mol. The number of hydrogen-bond acceptors (Lipinski definition) is 2. The van der Waals surface area contributed by atoms with Crippen molar-refractivity contribution in [2.24, 2.45) is 0 Å². The number of carboxylic acid groups (broad SMARTS) is 1. The molecule has 0 unspecified atom stereocenters. The molecule has 0 saturated heterocycles. The summed E-state index contributed by atoms with van der Waals surface area (Å²) in [5, 5.41) is 12.6. The van der Waals surface area contributed by atoms with Crippen LogP contribution in [0.5, 0.6) is 0 Å². The fraction of sp³-hybridized carbons (Fsp3) is 0.235. The van der Waals surface area contributed by atoms with Crippen LogP contribution in [0.25, 0.3) is 0 Å². The molecule has 0 atom stereocenters. The standard InChI is InChI=1S/C17H16ClFN2O2/c18-14-3-1-12(16(19)8-14)9-20-15-4-2-11-5-6-21(17(22)23)10-13(11)7-15/h1-4,7-8,20H,5-6,9-10H2,(H,22,23). The summed E-state index contributed by atoms with van der Waals surface area (Å²) in [5.41, 5.74) is 3.51. The molecule has 120 valence electrons. The summed E-state index contributed by atoms with van der Waals surface area (Å²) in [6.07, 6.45) is -0.189. The van der Waals surface area contributed by atoms with E-state index in [0.717, 1.165) is 16.8 Å². The van der Waals surface area contributed by atoms with E-state index in [0.29, 0.717) is 36.6 Å². The SMILES string of the molecule is O=C(O)N1CCc2ccc(NCc3ccc(Cl)cc3F)cc2C1. The molecule has 4 nitrogen and oxygen atoms in total. The molecule has 1 heterocycles. The summed E-state index contributed by atoms with van der Waals surface area (Å²) in [6, 6.07) is 10.4. The van der Waals surface area contributed by atoms with Gasteiger partial charge >= 0.3 is 6.09 Å². The van der Waals surface area contributed by atoms with E-state index in [9.17, 15) is 9.18 Å². The van der Waals surface area contributed by atoms with E-state index >= 15 is 0 Å². The van der Waals surface area contributed by atoms with Crippen LogP contribution in [-0.2, 0) is 19.5 Å². The molecule has 1 aliphatic heterocycles. The molecule has 0 bridgehead atoms. The second-order valence-corrected chi connectivity index (χ2v) is 5.96. The minimum Gasteiger partial charge on any atom is -0.465 e. The quantitative estimate of drug-likeness (QED) is 0.887. The lowest BCUT2D eigenvalue weighted by atomic mass is 9.99. The molecule has 1 aliphatic rings. The molecule has 0 aromatic heterocycles. The smallest absolute Gasteiger partial charge is 0.407 e. The molecule has 23 heavy (non-hydrogen) atoms. The summed E-state index contributed by atoms with van der Waals surface area (Å²) in [4.78, 5) is 12.5. The summed E-state index contributed by atoms with van der Waals surface area (Å²) in [7, 11) is 0. The number of carbonyl (C=O) groups is 1. The van der Waals surface area contributed by atoms with Gasteiger partial charge in [0.05, 0.1) is 0 Å². The van der Waals surface area contributed by atoms with Crippen LogP contribution in [0.15, 0.2) is 36.4 Å². The maximum atomic E-state index is 13.8. The number of hydrogen-bond donors (Lipinski definition) is 2. The Kier molecular flexibility index (Phi) is 4.39. The largest absolute Gasteiger partial charge is 0.465 e. The van der Waals surface area contributed by atoms with Crippen molar-refractivity contribution in [2.45, 2.75) is 19.5 Å². The van der Waals surface area contributed by atoms with Crippen molar-refractivity contribution < 1.29 is 14.3 Å². The molecule has 3 rings (SSSR count). The van der Waals surface area contributed by atoms with Crippen molar-refractivity contribution in [3.8, 4) is 0 Å². The first-order valence-electron chi connectivity index (χ1n) is 7.30. The number of halogens is 2. The zero-order valence-corrected chi connectivity index (χ0v) is 13.1. The van der Waals surface area contributed by atoms with E-state index in [1.54, 1.807) is 12.1 Å². The van der Waals surface area contributed by atoms with Gasteiger partial charge in [0.1, 0.15) is 5.82 Å². The number of amides is 1. The van der Waals surface area contributed by atoms with Crippen LogP contribution >= 0.6 is 11.6 Å². The Morgan fingerprint density at radius 3 is 2.83 bits per heavy atom. The molecule has 1 amide bonds. The van der Waals surface area contributed by atoms with Crippen LogP contribution in [0.3, 0.4) is 0 Å². The minimum atomic E-state index is -0.905. The van der Waals surface area contributed by atoms with Gasteiger partial charge in [-0.2, -0.15) is 0 Å². The lowest BCUT2D eigenvalue weighted by Crippen LogP contribution is -2.34. The molecule has 2 aromatic rings. The van der Waals surface area contributed by atoms with Gasteiger partial charge in [-0.1, -0.05) is 23.7 Å². The van der Waals surface area contributed by atoms with Crippen molar-refractivity contribution >= 4 is 23.4 Å². The zero-order chi connectivity index (χ0) is 16.4. The number of benzene rings is 2. The van der Waals surface area contributed by atoms with Crippen molar-refractivity contribution in [1.29, 1.82) is 0 Å². The lowest BCUT2D eigenvalue weighted by molar-refractivity contribution is 0.140. The number of nitrogens with zero attached hydrogens (tertiary/aromatic N) is 1. The minimum absolute atomic E-state index is 0.338. The molecule has 0 spiro atoms. The Morgan fingerprint density at radius 2 is 2.09 bits per heavy atom. The van der Waals surface area contributed by atoms with Gasteiger partial charge in [-0.3, -0.25) is 0 Å². The number of nitrogens with one attached hydrogen (secondary N) is 1. The number of rotatable bonds is 3. The number of anilines is 1. The fourth-order valence-electron chi connectivity index (χ4n) is 2.69. The maximum absolute atomic E-state index is 13.8. The molecule has 0 saturated carbocycles. The second kappa shape index (κ2) is 6.46. The Morgan fingerprint density at radius 1 is 1.26 bits per heavy atom. The second-order valence-electron chi connectivity index (χ2n) is 5.53. The molecule has 2 aromatic carbocycles. The Balaban J connectivity index is 1.72. The molecular formula is C17H16ClFN2O2. The van der Waals surface area contributed by atoms with Crippen molar-refractivity contribution in [3.63, 3.8) is 0 Å². The maximum Gasteiger partial charge on any atom is 0.407 e. The van der Waals surface area contributed by atoms with E-state index in [-0.39, 0.29) is 5.82 Å². The summed E-state index contributed by atoms with van der Waals surface area (Å²) >= 11 is 5.74. The first-order valence-corrected chi connectivity index (χ1v) is 7.68. The third kappa shape index (κ3) is 3.56. The van der Waals surface area contributed by atoms with Gasteiger partial charge in [-0.05, 0) is 41.8 Å². The van der Waals surface area contributed by atoms with Crippen LogP contribution in [0, 0.1) is 5.82 Å². The van der Waals surface area contributed by atoms with E-state index < -0.39 is 6.09 Å². The third-order valence-corrected chi connectivity index (χ3v) is 4.22. The van der Waals surface area contributed by atoms with E-state index in [1.165, 1.54) is 11.0 Å². The summed E-state index contributed by atoms with van der Waals surface area (Å²) in [6.45, 7) is 1.24. The molecule has 0 radical (unpaired) electrons. The molecular weight excluding hydrogens is 319 g/mol. The van der Waals surface area contributed by atoms with Crippen LogP contribution in [-0.4, -0.2) is 22.6 Å². The molecule has 2 N–H and O–H groups in total.